The Morgan fingerprint density at radius 1 is 0.857 bits per heavy atom. The minimum atomic E-state index is -0.0493. The number of benzene rings is 2. The fourth-order valence-electron chi connectivity index (χ4n) is 2.30. The average molecular weight is 273 g/mol. The summed E-state index contributed by atoms with van der Waals surface area (Å²) in [5.41, 5.74) is 4.33. The van der Waals surface area contributed by atoms with E-state index in [1.165, 1.54) is 5.56 Å². The smallest absolute Gasteiger partial charge is 0.211 e. The number of aryl methyl sites for hydroxylation is 1. The van der Waals surface area contributed by atoms with Crippen LogP contribution in [-0.4, -0.2) is 10.8 Å². The van der Waals surface area contributed by atoms with Gasteiger partial charge < -0.3 is 0 Å². The molecular formula is C19H15NO. The van der Waals surface area contributed by atoms with E-state index in [9.17, 15) is 4.79 Å². The van der Waals surface area contributed by atoms with Gasteiger partial charge in [0.05, 0.1) is 0 Å². The Kier molecular flexibility index (Phi) is 3.61. The van der Waals surface area contributed by atoms with Gasteiger partial charge >= 0.3 is 0 Å². The van der Waals surface area contributed by atoms with Crippen LogP contribution in [0.4, 0.5) is 0 Å². The van der Waals surface area contributed by atoms with Gasteiger partial charge in [-0.15, -0.1) is 0 Å². The van der Waals surface area contributed by atoms with Gasteiger partial charge in [0.1, 0.15) is 5.69 Å². The molecule has 2 heteroatoms. The molecule has 1 heterocycles. The number of ketones is 1. The maximum atomic E-state index is 12.6. The monoisotopic (exact) mass is 273 g/mol. The van der Waals surface area contributed by atoms with Crippen molar-refractivity contribution in [1.82, 2.24) is 4.98 Å². The number of hydrogen-bond donors (Lipinski definition) is 0. The summed E-state index contributed by atoms with van der Waals surface area (Å²) in [6.45, 7) is 2.05. The first-order valence-corrected chi connectivity index (χ1v) is 6.87. The van der Waals surface area contributed by atoms with E-state index in [1.54, 1.807) is 12.3 Å². The molecule has 0 aliphatic heterocycles. The van der Waals surface area contributed by atoms with Gasteiger partial charge in [-0.1, -0.05) is 60.2 Å². The van der Waals surface area contributed by atoms with Gasteiger partial charge in [-0.3, -0.25) is 9.78 Å². The third kappa shape index (κ3) is 2.75. The van der Waals surface area contributed by atoms with Crippen LogP contribution in [-0.2, 0) is 0 Å². The second-order valence-corrected chi connectivity index (χ2v) is 4.96. The van der Waals surface area contributed by atoms with Crippen molar-refractivity contribution in [1.29, 1.82) is 0 Å². The van der Waals surface area contributed by atoms with Crippen LogP contribution in [0, 0.1) is 6.92 Å². The molecule has 0 bridgehead atoms. The summed E-state index contributed by atoms with van der Waals surface area (Å²) < 4.78 is 0. The molecular weight excluding hydrogens is 258 g/mol. The van der Waals surface area contributed by atoms with Crippen molar-refractivity contribution >= 4 is 5.78 Å². The molecule has 0 saturated carbocycles. The molecule has 0 aliphatic carbocycles. The quantitative estimate of drug-likeness (QED) is 0.666. The molecule has 3 aromatic rings. The second kappa shape index (κ2) is 5.71. The Morgan fingerprint density at radius 2 is 1.57 bits per heavy atom. The third-order valence-corrected chi connectivity index (χ3v) is 3.43. The summed E-state index contributed by atoms with van der Waals surface area (Å²) in [4.78, 5) is 16.8. The van der Waals surface area contributed by atoms with Crippen molar-refractivity contribution in [2.45, 2.75) is 6.92 Å². The number of carbonyl (C=O) groups excluding carboxylic acids is 1. The van der Waals surface area contributed by atoms with Crippen molar-refractivity contribution in [2.24, 2.45) is 0 Å². The minimum absolute atomic E-state index is 0.0493. The van der Waals surface area contributed by atoms with E-state index >= 15 is 0 Å². The number of carbonyl (C=O) groups is 1. The fourth-order valence-corrected chi connectivity index (χ4v) is 2.30. The van der Waals surface area contributed by atoms with Crippen LogP contribution >= 0.6 is 0 Å². The van der Waals surface area contributed by atoms with Crippen molar-refractivity contribution in [3.05, 3.63) is 89.7 Å². The van der Waals surface area contributed by atoms with Crippen LogP contribution in [0.15, 0.2) is 72.9 Å². The average Bonchev–Trinajstić information content (AvgIpc) is 2.56. The Morgan fingerprint density at radius 3 is 2.29 bits per heavy atom. The Labute approximate surface area is 124 Å². The summed E-state index contributed by atoms with van der Waals surface area (Å²) in [5, 5.41) is 0. The molecule has 0 amide bonds. The number of aromatic nitrogens is 1. The molecule has 0 radical (unpaired) electrons. The number of pyridine rings is 1. The highest BCUT2D eigenvalue weighted by Gasteiger charge is 2.14. The number of hydrogen-bond acceptors (Lipinski definition) is 2. The van der Waals surface area contributed by atoms with Gasteiger partial charge in [-0.25, -0.2) is 0 Å². The number of nitrogens with zero attached hydrogens (tertiary/aromatic N) is 1. The predicted molar refractivity (Wildman–Crippen MR) is 84.3 cm³/mol. The summed E-state index contributed by atoms with van der Waals surface area (Å²) in [7, 11) is 0. The molecule has 1 aromatic heterocycles. The maximum Gasteiger partial charge on any atom is 0.211 e. The van der Waals surface area contributed by atoms with Crippen LogP contribution < -0.4 is 0 Å². The fraction of sp³-hybridized carbons (Fsp3) is 0.0526. The highest BCUT2D eigenvalue weighted by Crippen LogP contribution is 2.25. The highest BCUT2D eigenvalue weighted by atomic mass is 16.1. The highest BCUT2D eigenvalue weighted by molar-refractivity contribution is 6.11. The molecule has 0 fully saturated rings. The Hall–Kier alpha value is -2.74. The zero-order chi connectivity index (χ0) is 14.7. The van der Waals surface area contributed by atoms with E-state index in [0.717, 1.165) is 11.1 Å². The van der Waals surface area contributed by atoms with Crippen LogP contribution in [0.1, 0.15) is 21.6 Å². The summed E-state index contributed by atoms with van der Waals surface area (Å²) in [5.74, 6) is -0.0493. The molecule has 0 atom stereocenters. The van der Waals surface area contributed by atoms with Gasteiger partial charge in [-0.2, -0.15) is 0 Å². The normalized spacial score (nSPS) is 10.3. The molecule has 2 aromatic carbocycles. The van der Waals surface area contributed by atoms with E-state index < -0.39 is 0 Å². The maximum absolute atomic E-state index is 12.6. The largest absolute Gasteiger partial charge is 0.287 e. The van der Waals surface area contributed by atoms with E-state index in [2.05, 4.69) is 24.0 Å². The van der Waals surface area contributed by atoms with Crippen molar-refractivity contribution in [3.8, 4) is 11.1 Å². The van der Waals surface area contributed by atoms with Crippen LogP contribution in [0.2, 0.25) is 0 Å². The molecule has 0 aliphatic rings. The second-order valence-electron chi connectivity index (χ2n) is 4.96. The van der Waals surface area contributed by atoms with Gasteiger partial charge in [-0.05, 0) is 30.2 Å². The first kappa shape index (κ1) is 13.3. The minimum Gasteiger partial charge on any atom is -0.287 e. The molecule has 3 rings (SSSR count). The molecule has 21 heavy (non-hydrogen) atoms. The Balaban J connectivity index is 2.08. The standard InChI is InChI=1S/C19H15NO/c1-14-9-11-15(12-10-14)16-6-2-3-7-17(16)19(21)18-8-4-5-13-20-18/h2-13H,1H3. The van der Waals surface area contributed by atoms with Gasteiger partial charge in [0.15, 0.2) is 0 Å². The first-order valence-electron chi connectivity index (χ1n) is 6.87. The van der Waals surface area contributed by atoms with Gasteiger partial charge in [0, 0.05) is 11.8 Å². The SMILES string of the molecule is Cc1ccc(-c2ccccc2C(=O)c2ccccn2)cc1. The molecule has 0 N–H and O–H groups in total. The van der Waals surface area contributed by atoms with E-state index in [4.69, 9.17) is 0 Å². The molecule has 102 valence electrons. The van der Waals surface area contributed by atoms with E-state index in [-0.39, 0.29) is 5.78 Å². The summed E-state index contributed by atoms with van der Waals surface area (Å²) in [6.07, 6.45) is 1.64. The van der Waals surface area contributed by atoms with E-state index in [1.807, 2.05) is 48.5 Å². The lowest BCUT2D eigenvalue weighted by Gasteiger charge is -2.09. The first-order chi connectivity index (χ1) is 10.3. The lowest BCUT2D eigenvalue weighted by molar-refractivity contribution is 0.103. The third-order valence-electron chi connectivity index (χ3n) is 3.43. The summed E-state index contributed by atoms with van der Waals surface area (Å²) >= 11 is 0. The van der Waals surface area contributed by atoms with Crippen molar-refractivity contribution in [3.63, 3.8) is 0 Å². The Bertz CT molecular complexity index is 761. The van der Waals surface area contributed by atoms with Crippen LogP contribution in [0.3, 0.4) is 0 Å². The van der Waals surface area contributed by atoms with Gasteiger partial charge in [0.2, 0.25) is 5.78 Å². The van der Waals surface area contributed by atoms with Crippen LogP contribution in [0.25, 0.3) is 11.1 Å². The topological polar surface area (TPSA) is 30.0 Å². The van der Waals surface area contributed by atoms with Crippen molar-refractivity contribution in [2.75, 3.05) is 0 Å². The van der Waals surface area contributed by atoms with Gasteiger partial charge in [0.25, 0.3) is 0 Å². The number of rotatable bonds is 3. The molecule has 0 spiro atoms. The zero-order valence-corrected chi connectivity index (χ0v) is 11.8. The van der Waals surface area contributed by atoms with Crippen molar-refractivity contribution < 1.29 is 4.79 Å². The lowest BCUT2D eigenvalue weighted by atomic mass is 9.95. The molecule has 0 saturated heterocycles. The lowest BCUT2D eigenvalue weighted by Crippen LogP contribution is -2.05. The zero-order valence-electron chi connectivity index (χ0n) is 11.8. The van der Waals surface area contributed by atoms with E-state index in [0.29, 0.717) is 11.3 Å². The summed E-state index contributed by atoms with van der Waals surface area (Å²) in [6, 6.07) is 21.2. The predicted octanol–water partition coefficient (Wildman–Crippen LogP) is 4.29. The van der Waals surface area contributed by atoms with Crippen LogP contribution in [0.5, 0.6) is 0 Å². The molecule has 2 nitrogen and oxygen atoms in total. The molecule has 0 unspecified atom stereocenters.